The van der Waals surface area contributed by atoms with Crippen molar-refractivity contribution in [3.05, 3.63) is 65.5 Å². The van der Waals surface area contributed by atoms with Crippen molar-refractivity contribution in [2.24, 2.45) is 0 Å². The number of halogens is 1. The Kier molecular flexibility index (Phi) is 4.40. The molecule has 2 aromatic rings. The summed E-state index contributed by atoms with van der Waals surface area (Å²) in [6.07, 6.45) is 0.447. The van der Waals surface area contributed by atoms with E-state index in [0.29, 0.717) is 12.0 Å². The molecule has 106 valence electrons. The molecular weight excluding hydrogens is 255 g/mol. The lowest BCUT2D eigenvalue weighted by atomic mass is 9.78. The van der Waals surface area contributed by atoms with Gasteiger partial charge in [-0.1, -0.05) is 37.3 Å². The zero-order chi connectivity index (χ0) is 14.6. The number of hydrogen-bond donors (Lipinski definition) is 1. The molecule has 2 aromatic carbocycles. The molecule has 0 fully saturated rings. The predicted molar refractivity (Wildman–Crippen MR) is 77.5 cm³/mol. The maximum absolute atomic E-state index is 13.8. The third-order valence-electron chi connectivity index (χ3n) is 3.67. The van der Waals surface area contributed by atoms with Crippen LogP contribution in [0.25, 0.3) is 0 Å². The second-order valence-corrected chi connectivity index (χ2v) is 5.22. The van der Waals surface area contributed by atoms with E-state index >= 15 is 0 Å². The van der Waals surface area contributed by atoms with Crippen LogP contribution in [-0.4, -0.2) is 18.8 Å². The Bertz CT molecular complexity index is 565. The molecule has 0 heterocycles. The molecular formula is C17H19FO2. The molecule has 0 aromatic heterocycles. The van der Waals surface area contributed by atoms with Gasteiger partial charge in [0.05, 0.1) is 13.7 Å². The molecule has 0 bridgehead atoms. The molecule has 2 nitrogen and oxygen atoms in total. The molecule has 20 heavy (non-hydrogen) atoms. The first kappa shape index (κ1) is 14.5. The van der Waals surface area contributed by atoms with Crippen LogP contribution in [-0.2, 0) is 11.8 Å². The third-order valence-corrected chi connectivity index (χ3v) is 3.67. The zero-order valence-electron chi connectivity index (χ0n) is 11.8. The number of aliphatic hydroxyl groups is 1. The lowest BCUT2D eigenvalue weighted by molar-refractivity contribution is 0.203. The van der Waals surface area contributed by atoms with E-state index < -0.39 is 5.41 Å². The summed E-state index contributed by atoms with van der Waals surface area (Å²) < 4.78 is 18.9. The largest absolute Gasteiger partial charge is 0.497 e. The summed E-state index contributed by atoms with van der Waals surface area (Å²) in [5, 5.41) is 9.76. The molecule has 0 aliphatic rings. The summed E-state index contributed by atoms with van der Waals surface area (Å²) in [5.74, 6) is 0.528. The molecule has 1 atom stereocenters. The molecule has 0 saturated carbocycles. The van der Waals surface area contributed by atoms with Gasteiger partial charge in [0.2, 0.25) is 0 Å². The second kappa shape index (κ2) is 6.06. The first-order chi connectivity index (χ1) is 9.59. The molecule has 0 amide bonds. The van der Waals surface area contributed by atoms with Crippen molar-refractivity contribution in [1.82, 2.24) is 0 Å². The molecule has 0 aliphatic heterocycles. The van der Waals surface area contributed by atoms with Crippen LogP contribution in [0.1, 0.15) is 18.1 Å². The first-order valence-electron chi connectivity index (χ1n) is 6.58. The van der Waals surface area contributed by atoms with Gasteiger partial charge in [0.25, 0.3) is 0 Å². The van der Waals surface area contributed by atoms with Crippen molar-refractivity contribution in [1.29, 1.82) is 0 Å². The summed E-state index contributed by atoms with van der Waals surface area (Å²) in [5.41, 5.74) is 1.05. The van der Waals surface area contributed by atoms with E-state index in [-0.39, 0.29) is 12.4 Å². The minimum atomic E-state index is -0.519. The van der Waals surface area contributed by atoms with E-state index in [2.05, 4.69) is 0 Å². The van der Waals surface area contributed by atoms with E-state index in [1.54, 1.807) is 19.2 Å². The predicted octanol–water partition coefficient (Wildman–Crippen LogP) is 3.33. The summed E-state index contributed by atoms with van der Waals surface area (Å²) in [6, 6.07) is 14.2. The second-order valence-electron chi connectivity index (χ2n) is 5.22. The lowest BCUT2D eigenvalue weighted by Crippen LogP contribution is -2.29. The SMILES string of the molecule is COc1ccc(C(C)(CO)Cc2ccccc2F)cc1. The van der Waals surface area contributed by atoms with Crippen LogP contribution >= 0.6 is 0 Å². The smallest absolute Gasteiger partial charge is 0.126 e. The number of rotatable bonds is 5. The van der Waals surface area contributed by atoms with Crippen LogP contribution in [0, 0.1) is 5.82 Å². The Morgan fingerprint density at radius 1 is 1.10 bits per heavy atom. The highest BCUT2D eigenvalue weighted by molar-refractivity contribution is 5.34. The number of aliphatic hydroxyl groups excluding tert-OH is 1. The van der Waals surface area contributed by atoms with E-state index in [9.17, 15) is 9.50 Å². The van der Waals surface area contributed by atoms with Crippen LogP contribution in [0.3, 0.4) is 0 Å². The number of ether oxygens (including phenoxy) is 1. The van der Waals surface area contributed by atoms with E-state index in [4.69, 9.17) is 4.74 Å². The molecule has 2 rings (SSSR count). The van der Waals surface area contributed by atoms with Gasteiger partial charge in [-0.3, -0.25) is 0 Å². The first-order valence-corrected chi connectivity index (χ1v) is 6.58. The minimum absolute atomic E-state index is 0.0480. The summed E-state index contributed by atoms with van der Waals surface area (Å²) in [6.45, 7) is 1.88. The highest BCUT2D eigenvalue weighted by Gasteiger charge is 2.27. The fourth-order valence-electron chi connectivity index (χ4n) is 2.30. The van der Waals surface area contributed by atoms with Gasteiger partial charge in [0, 0.05) is 5.41 Å². The molecule has 1 N–H and O–H groups in total. The Morgan fingerprint density at radius 2 is 1.75 bits per heavy atom. The molecule has 0 spiro atoms. The summed E-state index contributed by atoms with van der Waals surface area (Å²) >= 11 is 0. The molecule has 0 aliphatic carbocycles. The van der Waals surface area contributed by atoms with E-state index in [0.717, 1.165) is 11.3 Å². The fraction of sp³-hybridized carbons (Fsp3) is 0.294. The van der Waals surface area contributed by atoms with Gasteiger partial charge in [-0.05, 0) is 35.7 Å². The van der Waals surface area contributed by atoms with Crippen LogP contribution in [0.2, 0.25) is 0 Å². The minimum Gasteiger partial charge on any atom is -0.497 e. The zero-order valence-corrected chi connectivity index (χ0v) is 11.8. The fourth-order valence-corrected chi connectivity index (χ4v) is 2.30. The van der Waals surface area contributed by atoms with Crippen molar-refractivity contribution in [3.8, 4) is 5.75 Å². The Morgan fingerprint density at radius 3 is 2.30 bits per heavy atom. The lowest BCUT2D eigenvalue weighted by Gasteiger charge is -2.28. The molecule has 0 radical (unpaired) electrons. The van der Waals surface area contributed by atoms with E-state index in [1.807, 2.05) is 37.3 Å². The summed E-state index contributed by atoms with van der Waals surface area (Å²) in [4.78, 5) is 0. The maximum Gasteiger partial charge on any atom is 0.126 e. The van der Waals surface area contributed by atoms with Gasteiger partial charge in [0.15, 0.2) is 0 Å². The van der Waals surface area contributed by atoms with Crippen molar-refractivity contribution < 1.29 is 14.2 Å². The van der Waals surface area contributed by atoms with Crippen molar-refractivity contribution in [2.75, 3.05) is 13.7 Å². The molecule has 0 saturated heterocycles. The Balaban J connectivity index is 2.30. The average molecular weight is 274 g/mol. The van der Waals surface area contributed by atoms with Gasteiger partial charge >= 0.3 is 0 Å². The number of methoxy groups -OCH3 is 1. The average Bonchev–Trinajstić information content (AvgIpc) is 2.49. The topological polar surface area (TPSA) is 29.5 Å². The monoisotopic (exact) mass is 274 g/mol. The van der Waals surface area contributed by atoms with E-state index in [1.165, 1.54) is 6.07 Å². The van der Waals surface area contributed by atoms with Gasteiger partial charge < -0.3 is 9.84 Å². The van der Waals surface area contributed by atoms with Crippen LogP contribution < -0.4 is 4.74 Å². The van der Waals surface area contributed by atoms with Crippen molar-refractivity contribution >= 4 is 0 Å². The highest BCUT2D eigenvalue weighted by Crippen LogP contribution is 2.30. The van der Waals surface area contributed by atoms with Crippen LogP contribution in [0.15, 0.2) is 48.5 Å². The third kappa shape index (κ3) is 2.99. The quantitative estimate of drug-likeness (QED) is 0.906. The van der Waals surface area contributed by atoms with Crippen LogP contribution in [0.4, 0.5) is 4.39 Å². The van der Waals surface area contributed by atoms with Gasteiger partial charge in [-0.15, -0.1) is 0 Å². The normalized spacial score (nSPS) is 13.8. The number of benzene rings is 2. The highest BCUT2D eigenvalue weighted by atomic mass is 19.1. The van der Waals surface area contributed by atoms with Crippen molar-refractivity contribution in [2.45, 2.75) is 18.8 Å². The number of hydrogen-bond acceptors (Lipinski definition) is 2. The Hall–Kier alpha value is -1.87. The standard InChI is InChI=1S/C17H19FO2/c1-17(12-19,11-13-5-3-4-6-16(13)18)14-7-9-15(20-2)10-8-14/h3-10,19H,11-12H2,1-2H3. The molecule has 3 heteroatoms. The van der Waals surface area contributed by atoms with Gasteiger partial charge in [0.1, 0.15) is 11.6 Å². The Labute approximate surface area is 118 Å². The van der Waals surface area contributed by atoms with Gasteiger partial charge in [-0.25, -0.2) is 4.39 Å². The van der Waals surface area contributed by atoms with Gasteiger partial charge in [-0.2, -0.15) is 0 Å². The van der Waals surface area contributed by atoms with Crippen LogP contribution in [0.5, 0.6) is 5.75 Å². The maximum atomic E-state index is 13.8. The van der Waals surface area contributed by atoms with Crippen molar-refractivity contribution in [3.63, 3.8) is 0 Å². The summed E-state index contributed by atoms with van der Waals surface area (Å²) in [7, 11) is 1.61. The molecule has 1 unspecified atom stereocenters.